The van der Waals surface area contributed by atoms with E-state index in [1.807, 2.05) is 41.3 Å². The Balaban J connectivity index is 1.66. The normalized spacial score (nSPS) is 24.5. The molecule has 0 aliphatic carbocycles. The fourth-order valence-electron chi connectivity index (χ4n) is 3.44. The van der Waals surface area contributed by atoms with Gasteiger partial charge in [0.25, 0.3) is 5.91 Å². The van der Waals surface area contributed by atoms with Crippen LogP contribution in [0.2, 0.25) is 5.02 Å². The maximum absolute atomic E-state index is 12.6. The number of hydrogen-bond donors (Lipinski definition) is 0. The summed E-state index contributed by atoms with van der Waals surface area (Å²) in [5.41, 5.74) is 1.54. The Morgan fingerprint density at radius 3 is 2.75 bits per heavy atom. The third-order valence-electron chi connectivity index (χ3n) is 4.67. The largest absolute Gasteiger partial charge is 0.316 e. The zero-order valence-corrected chi connectivity index (χ0v) is 18.6. The van der Waals surface area contributed by atoms with Gasteiger partial charge in [0.05, 0.1) is 24.0 Å². The van der Waals surface area contributed by atoms with Crippen LogP contribution in [0.25, 0.3) is 0 Å². The minimum atomic E-state index is -3.09. The lowest BCUT2D eigenvalue weighted by Crippen LogP contribution is -2.37. The topological polar surface area (TPSA) is 66.8 Å². The van der Waals surface area contributed by atoms with Gasteiger partial charge in [-0.2, -0.15) is 4.99 Å². The molecule has 0 N–H and O–H groups in total. The van der Waals surface area contributed by atoms with Crippen LogP contribution < -0.4 is 4.90 Å². The van der Waals surface area contributed by atoms with E-state index in [0.717, 1.165) is 15.7 Å². The van der Waals surface area contributed by atoms with Gasteiger partial charge < -0.3 is 4.90 Å². The zero-order chi connectivity index (χ0) is 19.9. The fourth-order valence-corrected chi connectivity index (χ4v) is 7.96. The number of benzene rings is 2. The minimum absolute atomic E-state index is 0.0644. The molecular weight excluding hydrogens is 484 g/mol. The Labute approximate surface area is 181 Å². The van der Waals surface area contributed by atoms with E-state index in [-0.39, 0.29) is 35.1 Å². The Hall–Kier alpha value is -1.35. The van der Waals surface area contributed by atoms with E-state index in [2.05, 4.69) is 20.9 Å². The molecule has 0 unspecified atom stereocenters. The molecule has 2 aliphatic heterocycles. The van der Waals surface area contributed by atoms with E-state index >= 15 is 0 Å². The number of aliphatic imine (C=N–C) groups is 1. The Bertz CT molecular complexity index is 1070. The Morgan fingerprint density at radius 2 is 2.00 bits per heavy atom. The van der Waals surface area contributed by atoms with Crippen molar-refractivity contribution in [3.8, 4) is 0 Å². The molecule has 4 rings (SSSR count). The second-order valence-corrected chi connectivity index (χ2v) is 11.4. The molecule has 2 fully saturated rings. The van der Waals surface area contributed by atoms with Crippen LogP contribution in [0.15, 0.2) is 58.0 Å². The number of rotatable bonds is 3. The first-order valence-electron chi connectivity index (χ1n) is 8.59. The average Bonchev–Trinajstić information content (AvgIpc) is 3.07. The quantitative estimate of drug-likeness (QED) is 0.640. The molecule has 2 atom stereocenters. The number of carbonyl (C=O) groups excluding carboxylic acids is 1. The number of amides is 1. The smallest absolute Gasteiger partial charge is 0.252 e. The molecule has 28 heavy (non-hydrogen) atoms. The molecular formula is C19H16BrClN2O3S2. The summed E-state index contributed by atoms with van der Waals surface area (Å²) in [6.07, 6.45) is 0.101. The molecule has 2 aromatic carbocycles. The van der Waals surface area contributed by atoms with Crippen molar-refractivity contribution < 1.29 is 13.2 Å². The molecule has 2 aromatic rings. The number of carbonyl (C=O) groups is 1. The summed E-state index contributed by atoms with van der Waals surface area (Å²) in [7, 11) is -3.09. The fraction of sp³-hybridized carbons (Fsp3) is 0.263. The number of sulfone groups is 1. The van der Waals surface area contributed by atoms with Crippen LogP contribution in [0.1, 0.15) is 5.56 Å². The van der Waals surface area contributed by atoms with Crippen molar-refractivity contribution in [2.45, 2.75) is 17.7 Å². The van der Waals surface area contributed by atoms with Gasteiger partial charge >= 0.3 is 0 Å². The number of halogens is 2. The van der Waals surface area contributed by atoms with Gasteiger partial charge in [0.2, 0.25) is 0 Å². The van der Waals surface area contributed by atoms with E-state index in [1.165, 1.54) is 11.8 Å². The molecule has 5 nitrogen and oxygen atoms in total. The summed E-state index contributed by atoms with van der Waals surface area (Å²) in [5, 5.41) is 0.942. The molecule has 0 saturated carbocycles. The van der Waals surface area contributed by atoms with E-state index in [9.17, 15) is 13.2 Å². The first kappa shape index (κ1) is 19.9. The van der Waals surface area contributed by atoms with Crippen molar-refractivity contribution in [1.29, 1.82) is 0 Å². The molecule has 2 saturated heterocycles. The summed E-state index contributed by atoms with van der Waals surface area (Å²) in [4.78, 5) is 18.8. The molecule has 0 aromatic heterocycles. The van der Waals surface area contributed by atoms with Crippen molar-refractivity contribution in [2.75, 3.05) is 16.4 Å². The van der Waals surface area contributed by atoms with Crippen molar-refractivity contribution >= 4 is 65.9 Å². The van der Waals surface area contributed by atoms with Gasteiger partial charge in [-0.3, -0.25) is 4.79 Å². The molecule has 2 aliphatic rings. The maximum atomic E-state index is 12.6. The monoisotopic (exact) mass is 498 g/mol. The van der Waals surface area contributed by atoms with E-state index < -0.39 is 9.84 Å². The summed E-state index contributed by atoms with van der Waals surface area (Å²) >= 11 is 11.0. The highest BCUT2D eigenvalue weighted by atomic mass is 79.9. The standard InChI is InChI=1S/C19H16BrClN2O3S2/c20-13-5-3-6-14(9-13)23-16-10-28(25,26)11-17(16)27-19(23)22-18(24)8-12-4-1-2-7-15(12)21/h1-7,9,16-17H,8,10-11H2/t16-,17-/m0/s1. The number of fused-ring (bicyclic) bond motifs is 1. The van der Waals surface area contributed by atoms with E-state index in [1.54, 1.807) is 12.1 Å². The van der Waals surface area contributed by atoms with Crippen molar-refractivity contribution in [1.82, 2.24) is 0 Å². The first-order valence-corrected chi connectivity index (χ1v) is 12.5. The van der Waals surface area contributed by atoms with Crippen LogP contribution >= 0.6 is 39.3 Å². The predicted molar refractivity (Wildman–Crippen MR) is 118 cm³/mol. The summed E-state index contributed by atoms with van der Waals surface area (Å²) in [6.45, 7) is 0. The van der Waals surface area contributed by atoms with Gasteiger partial charge in [0, 0.05) is 20.4 Å². The SMILES string of the molecule is O=C(Cc1ccccc1Cl)N=C1S[C@H]2CS(=O)(=O)C[C@@H]2N1c1cccc(Br)c1. The molecule has 0 radical (unpaired) electrons. The minimum Gasteiger partial charge on any atom is -0.316 e. The first-order chi connectivity index (χ1) is 13.3. The number of thioether (sulfide) groups is 1. The van der Waals surface area contributed by atoms with Crippen molar-refractivity contribution in [3.63, 3.8) is 0 Å². The number of amidine groups is 1. The summed E-state index contributed by atoms with van der Waals surface area (Å²) in [6, 6.07) is 14.5. The van der Waals surface area contributed by atoms with Gasteiger partial charge in [-0.1, -0.05) is 63.6 Å². The second-order valence-electron chi connectivity index (χ2n) is 6.71. The van der Waals surface area contributed by atoms with Crippen LogP contribution in [-0.2, 0) is 21.1 Å². The zero-order valence-electron chi connectivity index (χ0n) is 14.6. The number of nitrogens with zero attached hydrogens (tertiary/aromatic N) is 2. The molecule has 1 amide bonds. The van der Waals surface area contributed by atoms with Gasteiger partial charge in [-0.25, -0.2) is 8.42 Å². The van der Waals surface area contributed by atoms with Crippen LogP contribution in [0.3, 0.4) is 0 Å². The van der Waals surface area contributed by atoms with Gasteiger partial charge in [-0.15, -0.1) is 0 Å². The number of anilines is 1. The lowest BCUT2D eigenvalue weighted by Gasteiger charge is -2.24. The third-order valence-corrected chi connectivity index (χ3v) is 8.74. The number of hydrogen-bond acceptors (Lipinski definition) is 4. The highest BCUT2D eigenvalue weighted by Gasteiger charge is 2.49. The molecule has 146 valence electrons. The summed E-state index contributed by atoms with van der Waals surface area (Å²) in [5.74, 6) is -0.141. The lowest BCUT2D eigenvalue weighted by molar-refractivity contribution is -0.117. The van der Waals surface area contributed by atoms with Gasteiger partial charge in [-0.05, 0) is 29.8 Å². The maximum Gasteiger partial charge on any atom is 0.252 e. The molecule has 0 spiro atoms. The Kier molecular flexibility index (Phi) is 5.57. The predicted octanol–water partition coefficient (Wildman–Crippen LogP) is 3.95. The van der Waals surface area contributed by atoms with Crippen LogP contribution in [0.5, 0.6) is 0 Å². The third kappa shape index (κ3) is 4.15. The lowest BCUT2D eigenvalue weighted by atomic mass is 10.1. The van der Waals surface area contributed by atoms with Gasteiger partial charge in [0.15, 0.2) is 15.0 Å². The average molecular weight is 500 g/mol. The molecule has 0 bridgehead atoms. The van der Waals surface area contributed by atoms with Crippen molar-refractivity contribution in [3.05, 3.63) is 63.6 Å². The summed E-state index contributed by atoms with van der Waals surface area (Å²) < 4.78 is 25.1. The second kappa shape index (κ2) is 7.82. The molecule has 2 heterocycles. The van der Waals surface area contributed by atoms with Gasteiger partial charge in [0.1, 0.15) is 0 Å². The van der Waals surface area contributed by atoms with Crippen LogP contribution in [0.4, 0.5) is 5.69 Å². The van der Waals surface area contributed by atoms with E-state index in [4.69, 9.17) is 11.6 Å². The highest BCUT2D eigenvalue weighted by Crippen LogP contribution is 2.41. The molecule has 9 heteroatoms. The van der Waals surface area contributed by atoms with Crippen LogP contribution in [-0.4, -0.2) is 42.3 Å². The highest BCUT2D eigenvalue weighted by molar-refractivity contribution is 9.10. The van der Waals surface area contributed by atoms with E-state index in [0.29, 0.717) is 10.2 Å². The Morgan fingerprint density at radius 1 is 1.21 bits per heavy atom. The van der Waals surface area contributed by atoms with Crippen LogP contribution in [0, 0.1) is 0 Å². The van der Waals surface area contributed by atoms with Crippen molar-refractivity contribution in [2.24, 2.45) is 4.99 Å².